The maximum Gasteiger partial charge on any atom is 1.00 e. The summed E-state index contributed by atoms with van der Waals surface area (Å²) in [5.41, 5.74) is 0. The van der Waals surface area contributed by atoms with Gasteiger partial charge in [0.1, 0.15) is 11.9 Å². The number of carboxylic acids is 1. The third kappa shape index (κ3) is 4.20. The molecule has 1 unspecified atom stereocenters. The molecule has 1 atom stereocenters. The summed E-state index contributed by atoms with van der Waals surface area (Å²) in [6.45, 7) is 1.91. The Bertz CT molecular complexity index is 559. The minimum absolute atomic E-state index is 0. The van der Waals surface area contributed by atoms with Gasteiger partial charge in [0, 0.05) is 17.8 Å². The van der Waals surface area contributed by atoms with Gasteiger partial charge in [-0.2, -0.15) is 0 Å². The first-order valence-corrected chi connectivity index (χ1v) is 5.92. The standard InChI is InChI=1S/C14H15NO3.Na/c1-2-3-13(14(16)17)18-12-5-4-10-6-7-15-9-11(10)8-12;/h4-9,13H,2-3H2,1H3,(H,16,17);/q;+1/p-1. The van der Waals surface area contributed by atoms with Crippen molar-refractivity contribution >= 4 is 16.7 Å². The summed E-state index contributed by atoms with van der Waals surface area (Å²) in [7, 11) is 0. The number of nitrogens with zero attached hydrogens (tertiary/aromatic N) is 1. The van der Waals surface area contributed by atoms with Crippen molar-refractivity contribution in [2.45, 2.75) is 25.9 Å². The van der Waals surface area contributed by atoms with Crippen LogP contribution in [0.5, 0.6) is 5.75 Å². The van der Waals surface area contributed by atoms with E-state index >= 15 is 0 Å². The Balaban J connectivity index is 0.00000180. The van der Waals surface area contributed by atoms with E-state index in [1.807, 2.05) is 19.1 Å². The van der Waals surface area contributed by atoms with Gasteiger partial charge in [-0.15, -0.1) is 0 Å². The van der Waals surface area contributed by atoms with E-state index in [9.17, 15) is 9.90 Å². The Hall–Kier alpha value is -1.10. The predicted octanol–water partition coefficient (Wildman–Crippen LogP) is -1.46. The van der Waals surface area contributed by atoms with Gasteiger partial charge >= 0.3 is 29.6 Å². The molecule has 1 heterocycles. The Morgan fingerprint density at radius 1 is 1.37 bits per heavy atom. The van der Waals surface area contributed by atoms with E-state index in [0.29, 0.717) is 12.2 Å². The molecule has 1 aromatic carbocycles. The molecule has 0 fully saturated rings. The van der Waals surface area contributed by atoms with Crippen molar-refractivity contribution in [3.05, 3.63) is 36.7 Å². The SMILES string of the molecule is CCCC(Oc1ccc2ccncc2c1)C(=O)[O-].[Na+]. The van der Waals surface area contributed by atoms with E-state index in [1.165, 1.54) is 0 Å². The number of fused-ring (bicyclic) bond motifs is 1. The Kier molecular flexibility index (Phi) is 6.28. The minimum atomic E-state index is -1.18. The molecule has 0 spiro atoms. The number of ether oxygens (including phenoxy) is 1. The summed E-state index contributed by atoms with van der Waals surface area (Å²) in [5.74, 6) is -0.652. The van der Waals surface area contributed by atoms with Crippen LogP contribution in [0.1, 0.15) is 19.8 Å². The molecule has 0 N–H and O–H groups in total. The molecule has 1 aromatic heterocycles. The van der Waals surface area contributed by atoms with Gasteiger partial charge in [0.05, 0.1) is 5.97 Å². The third-order valence-electron chi connectivity index (χ3n) is 2.70. The molecule has 19 heavy (non-hydrogen) atoms. The van der Waals surface area contributed by atoms with Crippen LogP contribution in [-0.2, 0) is 4.79 Å². The largest absolute Gasteiger partial charge is 1.00 e. The zero-order valence-corrected chi connectivity index (χ0v) is 13.1. The molecule has 0 aliphatic carbocycles. The van der Waals surface area contributed by atoms with E-state index in [2.05, 4.69) is 4.98 Å². The molecular weight excluding hydrogens is 253 g/mol. The molecule has 0 aliphatic heterocycles. The van der Waals surface area contributed by atoms with Gasteiger partial charge in [-0.1, -0.05) is 19.4 Å². The number of rotatable bonds is 5. The first-order chi connectivity index (χ1) is 8.70. The number of aromatic nitrogens is 1. The first-order valence-electron chi connectivity index (χ1n) is 5.92. The summed E-state index contributed by atoms with van der Waals surface area (Å²) in [6.07, 6.45) is 3.70. The molecule has 0 saturated carbocycles. The smallest absolute Gasteiger partial charge is 0.546 e. The molecular formula is C14H14NNaO3. The van der Waals surface area contributed by atoms with Crippen LogP contribution < -0.4 is 39.4 Å². The van der Waals surface area contributed by atoms with Crippen molar-refractivity contribution in [2.75, 3.05) is 0 Å². The fourth-order valence-electron chi connectivity index (χ4n) is 1.79. The number of hydrogen-bond donors (Lipinski definition) is 0. The number of benzene rings is 1. The summed E-state index contributed by atoms with van der Waals surface area (Å²) in [4.78, 5) is 14.9. The molecule has 2 rings (SSSR count). The fourth-order valence-corrected chi connectivity index (χ4v) is 1.79. The Morgan fingerprint density at radius 2 is 2.16 bits per heavy atom. The first kappa shape index (κ1) is 16.0. The maximum atomic E-state index is 10.9. The van der Waals surface area contributed by atoms with E-state index in [4.69, 9.17) is 4.74 Å². The average molecular weight is 267 g/mol. The zero-order chi connectivity index (χ0) is 13.0. The van der Waals surface area contributed by atoms with Crippen molar-refractivity contribution in [3.63, 3.8) is 0 Å². The molecule has 0 bridgehead atoms. The number of carbonyl (C=O) groups is 1. The predicted molar refractivity (Wildman–Crippen MR) is 66.1 cm³/mol. The maximum absolute atomic E-state index is 10.9. The van der Waals surface area contributed by atoms with Crippen LogP contribution in [0.25, 0.3) is 10.8 Å². The fraction of sp³-hybridized carbons (Fsp3) is 0.286. The number of carboxylic acid groups (broad SMARTS) is 1. The van der Waals surface area contributed by atoms with Crippen LogP contribution in [0.2, 0.25) is 0 Å². The molecule has 0 saturated heterocycles. The van der Waals surface area contributed by atoms with Gasteiger partial charge in [-0.25, -0.2) is 0 Å². The number of hydrogen-bond acceptors (Lipinski definition) is 4. The third-order valence-corrected chi connectivity index (χ3v) is 2.70. The van der Waals surface area contributed by atoms with Crippen LogP contribution in [0, 0.1) is 0 Å². The molecule has 0 amide bonds. The second-order valence-corrected chi connectivity index (χ2v) is 4.10. The topological polar surface area (TPSA) is 62.2 Å². The monoisotopic (exact) mass is 267 g/mol. The zero-order valence-electron chi connectivity index (χ0n) is 11.1. The van der Waals surface area contributed by atoms with Crippen molar-refractivity contribution in [3.8, 4) is 5.75 Å². The van der Waals surface area contributed by atoms with Crippen LogP contribution >= 0.6 is 0 Å². The van der Waals surface area contributed by atoms with E-state index < -0.39 is 12.1 Å². The summed E-state index contributed by atoms with van der Waals surface area (Å²) in [5, 5.41) is 12.9. The van der Waals surface area contributed by atoms with Crippen LogP contribution in [0.4, 0.5) is 0 Å². The number of aliphatic carboxylic acids is 1. The van der Waals surface area contributed by atoms with Crippen LogP contribution in [0.15, 0.2) is 36.7 Å². The Morgan fingerprint density at radius 3 is 2.84 bits per heavy atom. The summed E-state index contributed by atoms with van der Waals surface area (Å²) in [6, 6.07) is 7.31. The van der Waals surface area contributed by atoms with Crippen molar-refractivity contribution < 1.29 is 44.2 Å². The van der Waals surface area contributed by atoms with Crippen molar-refractivity contribution in [1.82, 2.24) is 4.98 Å². The molecule has 5 heteroatoms. The van der Waals surface area contributed by atoms with Gasteiger partial charge in [0.15, 0.2) is 0 Å². The van der Waals surface area contributed by atoms with Crippen molar-refractivity contribution in [2.24, 2.45) is 0 Å². The normalized spacial score (nSPS) is 11.6. The van der Waals surface area contributed by atoms with Gasteiger partial charge < -0.3 is 14.6 Å². The van der Waals surface area contributed by atoms with E-state index in [1.54, 1.807) is 24.5 Å². The minimum Gasteiger partial charge on any atom is -0.546 e. The number of carbonyl (C=O) groups excluding carboxylic acids is 1. The molecule has 0 radical (unpaired) electrons. The quantitative estimate of drug-likeness (QED) is 0.621. The second-order valence-electron chi connectivity index (χ2n) is 4.10. The molecule has 94 valence electrons. The van der Waals surface area contributed by atoms with Crippen LogP contribution in [-0.4, -0.2) is 17.1 Å². The van der Waals surface area contributed by atoms with Crippen LogP contribution in [0.3, 0.4) is 0 Å². The molecule has 4 nitrogen and oxygen atoms in total. The summed E-state index contributed by atoms with van der Waals surface area (Å²) < 4.78 is 5.43. The van der Waals surface area contributed by atoms with Gasteiger partial charge in [0.2, 0.25) is 0 Å². The molecule has 0 aliphatic rings. The molecule has 2 aromatic rings. The Labute approximate surface area is 134 Å². The number of pyridine rings is 1. The van der Waals surface area contributed by atoms with E-state index in [-0.39, 0.29) is 29.6 Å². The van der Waals surface area contributed by atoms with Crippen molar-refractivity contribution in [1.29, 1.82) is 0 Å². The van der Waals surface area contributed by atoms with Gasteiger partial charge in [-0.3, -0.25) is 4.98 Å². The average Bonchev–Trinajstić information content (AvgIpc) is 2.38. The van der Waals surface area contributed by atoms with Gasteiger partial charge in [0.25, 0.3) is 0 Å². The summed E-state index contributed by atoms with van der Waals surface area (Å²) >= 11 is 0. The van der Waals surface area contributed by atoms with Gasteiger partial charge in [-0.05, 0) is 30.0 Å². The van der Waals surface area contributed by atoms with E-state index in [0.717, 1.165) is 17.2 Å². The second kappa shape index (κ2) is 7.48.